The summed E-state index contributed by atoms with van der Waals surface area (Å²) in [6.07, 6.45) is 1.64. The van der Waals surface area contributed by atoms with Crippen LogP contribution in [0.5, 0.6) is 5.75 Å². The fraction of sp³-hybridized carbons (Fsp3) is 0.261. The van der Waals surface area contributed by atoms with E-state index in [1.165, 1.54) is 16.2 Å². The molecule has 2 aromatic carbocycles. The van der Waals surface area contributed by atoms with E-state index in [2.05, 4.69) is 24.1 Å². The van der Waals surface area contributed by atoms with E-state index in [1.54, 1.807) is 5.51 Å². The van der Waals surface area contributed by atoms with E-state index >= 15 is 0 Å². The Bertz CT molecular complexity index is 1060. The number of aryl methyl sites for hydroxylation is 2. The molecule has 0 atom stereocenters. The number of hydrogen-bond acceptors (Lipinski definition) is 5. The molecule has 2 amide bonds. The first-order chi connectivity index (χ1) is 14.6. The van der Waals surface area contributed by atoms with Crippen molar-refractivity contribution in [2.75, 3.05) is 23.4 Å². The monoisotopic (exact) mass is 421 g/mol. The molecule has 0 spiro atoms. The van der Waals surface area contributed by atoms with Gasteiger partial charge in [0.25, 0.3) is 5.91 Å². The van der Waals surface area contributed by atoms with Crippen LogP contribution < -0.4 is 15.0 Å². The first kappa shape index (κ1) is 20.1. The van der Waals surface area contributed by atoms with Crippen LogP contribution in [0.1, 0.15) is 25.0 Å². The third kappa shape index (κ3) is 3.93. The predicted molar refractivity (Wildman–Crippen MR) is 119 cm³/mol. The van der Waals surface area contributed by atoms with Crippen molar-refractivity contribution >= 4 is 34.5 Å². The molecule has 1 aromatic heterocycles. The molecule has 0 aliphatic carbocycles. The molecule has 30 heavy (non-hydrogen) atoms. The van der Waals surface area contributed by atoms with Crippen molar-refractivity contribution in [1.82, 2.24) is 4.98 Å². The molecular weight excluding hydrogens is 398 g/mol. The lowest BCUT2D eigenvalue weighted by Gasteiger charge is -2.29. The minimum absolute atomic E-state index is 0.0725. The quantitative estimate of drug-likeness (QED) is 0.644. The summed E-state index contributed by atoms with van der Waals surface area (Å²) in [6.45, 7) is 3.97. The lowest BCUT2D eigenvalue weighted by atomic mass is 10.0. The minimum Gasteiger partial charge on any atom is -0.482 e. The Balaban J connectivity index is 1.60. The number of amides is 2. The number of hydrogen-bond donors (Lipinski definition) is 1. The fourth-order valence-corrected chi connectivity index (χ4v) is 4.18. The highest BCUT2D eigenvalue weighted by Gasteiger charge is 2.28. The van der Waals surface area contributed by atoms with Crippen LogP contribution in [-0.2, 0) is 22.4 Å². The first-order valence-electron chi connectivity index (χ1n) is 9.97. The van der Waals surface area contributed by atoms with Crippen molar-refractivity contribution in [3.05, 3.63) is 58.4 Å². The van der Waals surface area contributed by atoms with Crippen LogP contribution in [0.2, 0.25) is 0 Å². The summed E-state index contributed by atoms with van der Waals surface area (Å²) in [4.78, 5) is 31.3. The maximum Gasteiger partial charge on any atom is 0.265 e. The number of carbonyl (C=O) groups is 2. The van der Waals surface area contributed by atoms with Gasteiger partial charge < -0.3 is 10.1 Å². The second-order valence-corrected chi connectivity index (χ2v) is 7.75. The van der Waals surface area contributed by atoms with Gasteiger partial charge in [-0.05, 0) is 42.2 Å². The van der Waals surface area contributed by atoms with Crippen LogP contribution in [-0.4, -0.2) is 29.9 Å². The number of benzene rings is 2. The predicted octanol–water partition coefficient (Wildman–Crippen LogP) is 4.30. The van der Waals surface area contributed by atoms with Gasteiger partial charge in [0.2, 0.25) is 5.91 Å². The molecule has 0 fully saturated rings. The number of thiazole rings is 1. The molecule has 0 bridgehead atoms. The van der Waals surface area contributed by atoms with Gasteiger partial charge in [0.05, 0.1) is 16.9 Å². The van der Waals surface area contributed by atoms with Gasteiger partial charge in [0.15, 0.2) is 6.61 Å². The summed E-state index contributed by atoms with van der Waals surface area (Å²) in [5.74, 6) is 0.114. The summed E-state index contributed by atoms with van der Waals surface area (Å²) in [5.41, 5.74) is 7.08. The number of fused-ring (bicyclic) bond motifs is 1. The first-order valence-corrected chi connectivity index (χ1v) is 10.9. The molecule has 0 unspecified atom stereocenters. The smallest absolute Gasteiger partial charge is 0.265 e. The van der Waals surface area contributed by atoms with Gasteiger partial charge in [-0.2, -0.15) is 0 Å². The van der Waals surface area contributed by atoms with Crippen LogP contribution in [0.15, 0.2) is 47.3 Å². The van der Waals surface area contributed by atoms with Crippen molar-refractivity contribution in [2.24, 2.45) is 0 Å². The Morgan fingerprint density at radius 1 is 1.20 bits per heavy atom. The Morgan fingerprint density at radius 3 is 2.63 bits per heavy atom. The molecular formula is C23H23N3O3S. The molecule has 0 saturated carbocycles. The highest BCUT2D eigenvalue weighted by Crippen LogP contribution is 2.36. The van der Waals surface area contributed by atoms with Crippen molar-refractivity contribution in [1.29, 1.82) is 0 Å². The lowest BCUT2D eigenvalue weighted by Crippen LogP contribution is -2.43. The number of ether oxygens (including phenoxy) is 1. The van der Waals surface area contributed by atoms with E-state index in [9.17, 15) is 9.59 Å². The summed E-state index contributed by atoms with van der Waals surface area (Å²) < 4.78 is 5.57. The van der Waals surface area contributed by atoms with Crippen molar-refractivity contribution in [2.45, 2.75) is 26.7 Å². The highest BCUT2D eigenvalue weighted by atomic mass is 32.1. The summed E-state index contributed by atoms with van der Waals surface area (Å²) >= 11 is 1.50. The molecule has 0 radical (unpaired) electrons. The van der Waals surface area contributed by atoms with Gasteiger partial charge in [-0.3, -0.25) is 14.5 Å². The van der Waals surface area contributed by atoms with E-state index in [-0.39, 0.29) is 25.0 Å². The zero-order chi connectivity index (χ0) is 21.1. The third-order valence-corrected chi connectivity index (χ3v) is 5.78. The van der Waals surface area contributed by atoms with Crippen molar-refractivity contribution in [3.63, 3.8) is 0 Å². The number of nitrogens with zero attached hydrogens (tertiary/aromatic N) is 2. The van der Waals surface area contributed by atoms with E-state index in [0.717, 1.165) is 40.9 Å². The van der Waals surface area contributed by atoms with Gasteiger partial charge in [-0.15, -0.1) is 11.3 Å². The third-order valence-electron chi connectivity index (χ3n) is 5.20. The standard InChI is InChI=1S/C23H23N3O3S/c1-3-15-6-5-7-16(4-2)23(15)25-21(27)11-26-19-10-17(18-13-30-14-24-18)8-9-20(19)29-12-22(26)28/h5-10,13-14H,3-4,11-12H2,1-2H3,(H,25,27). The molecule has 3 aromatic rings. The maximum atomic E-state index is 12.9. The molecule has 1 aliphatic heterocycles. The van der Waals surface area contributed by atoms with Crippen LogP contribution in [0.25, 0.3) is 11.3 Å². The average Bonchev–Trinajstić information content (AvgIpc) is 3.30. The summed E-state index contributed by atoms with van der Waals surface area (Å²) in [6, 6.07) is 11.6. The number of carbonyl (C=O) groups excluding carboxylic acids is 2. The van der Waals surface area contributed by atoms with Crippen LogP contribution >= 0.6 is 11.3 Å². The molecule has 7 heteroatoms. The molecule has 1 N–H and O–H groups in total. The second kappa shape index (κ2) is 8.67. The largest absolute Gasteiger partial charge is 0.482 e. The zero-order valence-corrected chi connectivity index (χ0v) is 17.8. The Labute approximate surface area is 179 Å². The van der Waals surface area contributed by atoms with Crippen molar-refractivity contribution in [3.8, 4) is 17.0 Å². The fourth-order valence-electron chi connectivity index (χ4n) is 3.62. The maximum absolute atomic E-state index is 12.9. The van der Waals surface area contributed by atoms with Gasteiger partial charge in [-0.25, -0.2) is 4.98 Å². The normalized spacial score (nSPS) is 13.0. The number of nitrogens with one attached hydrogen (secondary N) is 1. The summed E-state index contributed by atoms with van der Waals surface area (Å²) in [5, 5.41) is 4.98. The van der Waals surface area contributed by atoms with Gasteiger partial charge in [0, 0.05) is 16.6 Å². The minimum atomic E-state index is -0.243. The number of rotatable bonds is 6. The topological polar surface area (TPSA) is 71.5 Å². The van der Waals surface area contributed by atoms with Crippen LogP contribution in [0.3, 0.4) is 0 Å². The van der Waals surface area contributed by atoms with Gasteiger partial charge in [-0.1, -0.05) is 32.0 Å². The van der Waals surface area contributed by atoms with Gasteiger partial charge in [0.1, 0.15) is 12.3 Å². The Kier molecular flexibility index (Phi) is 5.81. The highest BCUT2D eigenvalue weighted by molar-refractivity contribution is 7.07. The summed E-state index contributed by atoms with van der Waals surface area (Å²) in [7, 11) is 0. The zero-order valence-electron chi connectivity index (χ0n) is 17.0. The van der Waals surface area contributed by atoms with Crippen molar-refractivity contribution < 1.29 is 14.3 Å². The molecule has 4 rings (SSSR count). The van der Waals surface area contributed by atoms with E-state index in [4.69, 9.17) is 4.74 Å². The second-order valence-electron chi connectivity index (χ2n) is 7.03. The Hall–Kier alpha value is -3.19. The molecule has 2 heterocycles. The average molecular weight is 422 g/mol. The number of para-hydroxylation sites is 1. The SMILES string of the molecule is CCc1cccc(CC)c1NC(=O)CN1C(=O)COc2ccc(-c3cscn3)cc21. The van der Waals surface area contributed by atoms with E-state index < -0.39 is 0 Å². The number of aromatic nitrogens is 1. The molecule has 0 saturated heterocycles. The number of anilines is 2. The van der Waals surface area contributed by atoms with E-state index in [0.29, 0.717) is 11.4 Å². The van der Waals surface area contributed by atoms with Gasteiger partial charge >= 0.3 is 0 Å². The van der Waals surface area contributed by atoms with E-state index in [1.807, 2.05) is 41.8 Å². The molecule has 1 aliphatic rings. The molecule has 6 nitrogen and oxygen atoms in total. The van der Waals surface area contributed by atoms with Crippen LogP contribution in [0, 0.1) is 0 Å². The molecule has 154 valence electrons. The Morgan fingerprint density at radius 2 is 1.97 bits per heavy atom. The lowest BCUT2D eigenvalue weighted by molar-refractivity contribution is -0.123. The van der Waals surface area contributed by atoms with Crippen LogP contribution in [0.4, 0.5) is 11.4 Å².